The maximum absolute atomic E-state index is 11.2. The summed E-state index contributed by atoms with van der Waals surface area (Å²) < 4.78 is 12.4. The summed E-state index contributed by atoms with van der Waals surface area (Å²) in [6.07, 6.45) is 0. The largest absolute Gasteiger partial charge is 0.490 e. The SMILES string of the molecule is Cc1ccc(OCCOc2c(Br)cc(Cl)cc2C2NC(C(=O)O)CS2)cc1. The third kappa shape index (κ3) is 5.31. The lowest BCUT2D eigenvalue weighted by atomic mass is 10.2. The van der Waals surface area contributed by atoms with Crippen molar-refractivity contribution in [2.45, 2.75) is 18.3 Å². The number of carboxylic acid groups (broad SMARTS) is 1. The molecule has 0 amide bonds. The van der Waals surface area contributed by atoms with Crippen molar-refractivity contribution in [1.82, 2.24) is 5.32 Å². The maximum atomic E-state index is 11.2. The zero-order valence-electron chi connectivity index (χ0n) is 14.6. The summed E-state index contributed by atoms with van der Waals surface area (Å²) in [5, 5.41) is 12.6. The van der Waals surface area contributed by atoms with Crippen molar-refractivity contribution in [3.05, 3.63) is 57.0 Å². The molecule has 0 aromatic heterocycles. The van der Waals surface area contributed by atoms with E-state index in [1.807, 2.05) is 31.2 Å². The molecule has 8 heteroatoms. The van der Waals surface area contributed by atoms with Gasteiger partial charge in [-0.3, -0.25) is 10.1 Å². The van der Waals surface area contributed by atoms with Crippen molar-refractivity contribution >= 4 is 45.3 Å². The van der Waals surface area contributed by atoms with Crippen LogP contribution < -0.4 is 14.8 Å². The monoisotopic (exact) mass is 471 g/mol. The average molecular weight is 473 g/mol. The molecule has 1 fully saturated rings. The molecule has 0 saturated carbocycles. The Bertz CT molecular complexity index is 818. The number of thioether (sulfide) groups is 1. The molecule has 1 aliphatic rings. The molecule has 2 unspecified atom stereocenters. The minimum absolute atomic E-state index is 0.200. The zero-order chi connectivity index (χ0) is 19.4. The molecule has 1 aliphatic heterocycles. The van der Waals surface area contributed by atoms with Gasteiger partial charge in [-0.1, -0.05) is 29.3 Å². The van der Waals surface area contributed by atoms with E-state index in [2.05, 4.69) is 21.2 Å². The number of aryl methyl sites for hydroxylation is 1. The van der Waals surface area contributed by atoms with Crippen LogP contribution in [0.3, 0.4) is 0 Å². The fourth-order valence-electron chi connectivity index (χ4n) is 2.66. The van der Waals surface area contributed by atoms with Crippen molar-refractivity contribution in [1.29, 1.82) is 0 Å². The number of benzene rings is 2. The second-order valence-electron chi connectivity index (χ2n) is 6.09. The molecule has 0 radical (unpaired) electrons. The van der Waals surface area contributed by atoms with E-state index in [9.17, 15) is 9.90 Å². The summed E-state index contributed by atoms with van der Waals surface area (Å²) in [4.78, 5) is 11.2. The number of carbonyl (C=O) groups is 1. The van der Waals surface area contributed by atoms with Gasteiger partial charge in [-0.25, -0.2) is 0 Å². The Hall–Kier alpha value is -1.41. The topological polar surface area (TPSA) is 67.8 Å². The van der Waals surface area contributed by atoms with Crippen molar-refractivity contribution in [2.24, 2.45) is 0 Å². The van der Waals surface area contributed by atoms with Crippen molar-refractivity contribution in [2.75, 3.05) is 19.0 Å². The molecule has 144 valence electrons. The molecule has 2 N–H and O–H groups in total. The normalized spacial score (nSPS) is 19.1. The van der Waals surface area contributed by atoms with Crippen LogP contribution in [0, 0.1) is 6.92 Å². The van der Waals surface area contributed by atoms with E-state index < -0.39 is 12.0 Å². The second-order valence-corrected chi connectivity index (χ2v) is 8.52. The van der Waals surface area contributed by atoms with Crippen LogP contribution in [0.25, 0.3) is 0 Å². The van der Waals surface area contributed by atoms with Crippen LogP contribution in [0.4, 0.5) is 0 Å². The van der Waals surface area contributed by atoms with E-state index in [4.69, 9.17) is 21.1 Å². The summed E-state index contributed by atoms with van der Waals surface area (Å²) in [6.45, 7) is 2.76. The average Bonchev–Trinajstić information content (AvgIpc) is 3.11. The van der Waals surface area contributed by atoms with Gasteiger partial charge in [-0.05, 0) is 47.1 Å². The molecule has 0 aliphatic carbocycles. The second kappa shape index (κ2) is 9.19. The predicted molar refractivity (Wildman–Crippen MR) is 111 cm³/mol. The van der Waals surface area contributed by atoms with Gasteiger partial charge >= 0.3 is 5.97 Å². The minimum atomic E-state index is -0.861. The van der Waals surface area contributed by atoms with Gasteiger partial charge in [0, 0.05) is 16.3 Å². The molecule has 2 aromatic rings. The highest BCUT2D eigenvalue weighted by Gasteiger charge is 2.32. The van der Waals surface area contributed by atoms with Crippen molar-refractivity contribution < 1.29 is 19.4 Å². The maximum Gasteiger partial charge on any atom is 0.321 e. The number of halogens is 2. The van der Waals surface area contributed by atoms with E-state index in [1.165, 1.54) is 17.3 Å². The Morgan fingerprint density at radius 1 is 1.30 bits per heavy atom. The summed E-state index contributed by atoms with van der Waals surface area (Å²) in [5.74, 6) is 1.06. The van der Waals surface area contributed by atoms with Crippen molar-refractivity contribution in [3.8, 4) is 11.5 Å². The molecule has 2 atom stereocenters. The van der Waals surface area contributed by atoms with E-state index in [0.29, 0.717) is 29.7 Å². The quantitative estimate of drug-likeness (QED) is 0.572. The number of rotatable bonds is 7. The lowest BCUT2D eigenvalue weighted by Gasteiger charge is -2.19. The highest BCUT2D eigenvalue weighted by atomic mass is 79.9. The molecular formula is C19H19BrClNO4S. The van der Waals surface area contributed by atoms with Gasteiger partial charge in [0.05, 0.1) is 9.85 Å². The number of hydrogen-bond acceptors (Lipinski definition) is 5. The summed E-state index contributed by atoms with van der Waals surface area (Å²) >= 11 is 11.2. The van der Waals surface area contributed by atoms with E-state index in [0.717, 1.165) is 15.8 Å². The van der Waals surface area contributed by atoms with Gasteiger partial charge in [-0.2, -0.15) is 0 Å². The Balaban J connectivity index is 1.65. The minimum Gasteiger partial charge on any atom is -0.490 e. The molecule has 27 heavy (non-hydrogen) atoms. The Labute approximate surface area is 175 Å². The standard InChI is InChI=1S/C19H19BrClNO4S/c1-11-2-4-13(5-3-11)25-6-7-26-17-14(8-12(21)9-15(17)20)18-22-16(10-27-18)19(23)24/h2-5,8-9,16,18,22H,6-7,10H2,1H3,(H,23,24). The molecular weight excluding hydrogens is 454 g/mol. The first-order valence-electron chi connectivity index (χ1n) is 8.35. The van der Waals surface area contributed by atoms with Crippen LogP contribution in [0.2, 0.25) is 5.02 Å². The van der Waals surface area contributed by atoms with E-state index in [-0.39, 0.29) is 5.37 Å². The van der Waals surface area contributed by atoms with Gasteiger partial charge in [0.2, 0.25) is 0 Å². The predicted octanol–water partition coefficient (Wildman–Crippen LogP) is 4.66. The van der Waals surface area contributed by atoms with Crippen LogP contribution in [-0.2, 0) is 4.79 Å². The molecule has 0 spiro atoms. The third-order valence-corrected chi connectivity index (χ3v) is 6.08. The fraction of sp³-hybridized carbons (Fsp3) is 0.316. The van der Waals surface area contributed by atoms with E-state index >= 15 is 0 Å². The first-order valence-corrected chi connectivity index (χ1v) is 10.6. The fourth-order valence-corrected chi connectivity index (χ4v) is 4.85. The zero-order valence-corrected chi connectivity index (χ0v) is 17.7. The smallest absolute Gasteiger partial charge is 0.321 e. The molecule has 1 heterocycles. The lowest BCUT2D eigenvalue weighted by molar-refractivity contribution is -0.138. The number of aliphatic carboxylic acids is 1. The van der Waals surface area contributed by atoms with Crippen LogP contribution in [0.15, 0.2) is 40.9 Å². The van der Waals surface area contributed by atoms with Gasteiger partial charge in [-0.15, -0.1) is 11.8 Å². The summed E-state index contributed by atoms with van der Waals surface area (Å²) in [5.41, 5.74) is 1.99. The molecule has 5 nitrogen and oxygen atoms in total. The van der Waals surface area contributed by atoms with Crippen LogP contribution in [-0.4, -0.2) is 36.1 Å². The first kappa shape index (κ1) is 20.3. The first-order chi connectivity index (χ1) is 12.9. The van der Waals surface area contributed by atoms with Crippen LogP contribution >= 0.6 is 39.3 Å². The Kier molecular flexibility index (Phi) is 6.92. The Morgan fingerprint density at radius 2 is 2.00 bits per heavy atom. The molecule has 2 aromatic carbocycles. The molecule has 1 saturated heterocycles. The number of hydrogen-bond donors (Lipinski definition) is 2. The van der Waals surface area contributed by atoms with Gasteiger partial charge in [0.15, 0.2) is 0 Å². The lowest BCUT2D eigenvalue weighted by Crippen LogP contribution is -2.33. The number of nitrogens with one attached hydrogen (secondary N) is 1. The highest BCUT2D eigenvalue weighted by Crippen LogP contribution is 2.42. The van der Waals surface area contributed by atoms with Crippen LogP contribution in [0.5, 0.6) is 11.5 Å². The highest BCUT2D eigenvalue weighted by molar-refractivity contribution is 9.10. The number of carboxylic acids is 1. The van der Waals surface area contributed by atoms with Gasteiger partial charge in [0.1, 0.15) is 30.8 Å². The third-order valence-electron chi connectivity index (χ3n) is 4.02. The Morgan fingerprint density at radius 3 is 2.67 bits per heavy atom. The molecule has 3 rings (SSSR count). The van der Waals surface area contributed by atoms with E-state index in [1.54, 1.807) is 12.1 Å². The van der Waals surface area contributed by atoms with Crippen LogP contribution in [0.1, 0.15) is 16.5 Å². The summed E-state index contributed by atoms with van der Waals surface area (Å²) in [7, 11) is 0. The van der Waals surface area contributed by atoms with Gasteiger partial charge in [0.25, 0.3) is 0 Å². The molecule has 0 bridgehead atoms. The summed E-state index contributed by atoms with van der Waals surface area (Å²) in [6, 6.07) is 10.8. The van der Waals surface area contributed by atoms with Gasteiger partial charge < -0.3 is 14.6 Å². The number of ether oxygens (including phenoxy) is 2. The van der Waals surface area contributed by atoms with Crippen molar-refractivity contribution in [3.63, 3.8) is 0 Å².